The van der Waals surface area contributed by atoms with Gasteiger partial charge in [0, 0.05) is 18.7 Å². The number of ether oxygens (including phenoxy) is 1. The topological polar surface area (TPSA) is 115 Å². The summed E-state index contributed by atoms with van der Waals surface area (Å²) in [5, 5.41) is 23.4. The van der Waals surface area contributed by atoms with Gasteiger partial charge < -0.3 is 15.2 Å². The van der Waals surface area contributed by atoms with E-state index < -0.39 is 0 Å². The standard InChI is InChI=1S/C15H20N6O3/c1-24-14-3-2-10(8-16-14)15(11-6-12(22)7-11)18-13(23)4-5-21-9-17-19-20-21/h2-3,8-9,11-12,15,22H,4-7H2,1H3,(H,18,23)/t11?,12?,15-/m1/s1. The first-order chi connectivity index (χ1) is 11.7. The molecule has 2 aromatic heterocycles. The van der Waals surface area contributed by atoms with E-state index >= 15 is 0 Å². The normalized spacial score (nSPS) is 20.9. The lowest BCUT2D eigenvalue weighted by atomic mass is 9.75. The average Bonchev–Trinajstić information content (AvgIpc) is 3.09. The van der Waals surface area contributed by atoms with Crippen molar-refractivity contribution in [1.82, 2.24) is 30.5 Å². The molecular weight excluding hydrogens is 312 g/mol. The number of amides is 1. The number of aromatic nitrogens is 5. The summed E-state index contributed by atoms with van der Waals surface area (Å²) in [5.74, 6) is 0.635. The highest BCUT2D eigenvalue weighted by Crippen LogP contribution is 2.38. The SMILES string of the molecule is COc1ccc([C@@H](NC(=O)CCn2cnnn2)C2CC(O)C2)cn1. The van der Waals surface area contributed by atoms with Crippen molar-refractivity contribution in [2.45, 2.75) is 38.0 Å². The number of aryl methyl sites for hydroxylation is 1. The molecule has 1 aliphatic rings. The van der Waals surface area contributed by atoms with Crippen molar-refractivity contribution in [3.05, 3.63) is 30.2 Å². The van der Waals surface area contributed by atoms with Gasteiger partial charge in [0.2, 0.25) is 11.8 Å². The van der Waals surface area contributed by atoms with E-state index in [4.69, 9.17) is 4.74 Å². The number of hydrogen-bond donors (Lipinski definition) is 2. The Balaban J connectivity index is 1.64. The fraction of sp³-hybridized carbons (Fsp3) is 0.533. The average molecular weight is 332 g/mol. The molecule has 3 rings (SSSR count). The molecule has 1 atom stereocenters. The molecule has 1 fully saturated rings. The molecule has 0 saturated heterocycles. The van der Waals surface area contributed by atoms with E-state index in [0.717, 1.165) is 5.56 Å². The van der Waals surface area contributed by atoms with Crippen LogP contribution in [0.15, 0.2) is 24.7 Å². The molecule has 9 nitrogen and oxygen atoms in total. The zero-order valence-electron chi connectivity index (χ0n) is 13.4. The zero-order chi connectivity index (χ0) is 16.9. The fourth-order valence-corrected chi connectivity index (χ4v) is 2.82. The van der Waals surface area contributed by atoms with Gasteiger partial charge in [-0.05, 0) is 34.7 Å². The first-order valence-corrected chi connectivity index (χ1v) is 7.84. The number of aliphatic hydroxyl groups excluding tert-OH is 1. The van der Waals surface area contributed by atoms with E-state index in [1.54, 1.807) is 19.4 Å². The van der Waals surface area contributed by atoms with E-state index in [-0.39, 0.29) is 30.4 Å². The van der Waals surface area contributed by atoms with Gasteiger partial charge in [0.1, 0.15) is 6.33 Å². The maximum atomic E-state index is 12.3. The zero-order valence-corrected chi connectivity index (χ0v) is 13.4. The molecule has 1 aliphatic carbocycles. The summed E-state index contributed by atoms with van der Waals surface area (Å²) in [6.07, 6.45) is 4.51. The molecule has 128 valence electrons. The van der Waals surface area contributed by atoms with Gasteiger partial charge in [-0.2, -0.15) is 0 Å². The van der Waals surface area contributed by atoms with Gasteiger partial charge in [0.25, 0.3) is 0 Å². The summed E-state index contributed by atoms with van der Waals surface area (Å²) in [6.45, 7) is 0.416. The fourth-order valence-electron chi connectivity index (χ4n) is 2.82. The summed E-state index contributed by atoms with van der Waals surface area (Å²) >= 11 is 0. The Morgan fingerprint density at radius 3 is 2.92 bits per heavy atom. The number of pyridine rings is 1. The number of rotatable bonds is 7. The van der Waals surface area contributed by atoms with Crippen LogP contribution < -0.4 is 10.1 Å². The number of tetrazole rings is 1. The van der Waals surface area contributed by atoms with Crippen LogP contribution >= 0.6 is 0 Å². The molecule has 0 aromatic carbocycles. The Labute approximate surface area is 139 Å². The van der Waals surface area contributed by atoms with Crippen LogP contribution in [0.1, 0.15) is 30.9 Å². The second-order valence-electron chi connectivity index (χ2n) is 5.89. The minimum atomic E-state index is -0.290. The molecule has 0 radical (unpaired) electrons. The number of hydrogen-bond acceptors (Lipinski definition) is 7. The van der Waals surface area contributed by atoms with Gasteiger partial charge in [-0.3, -0.25) is 4.79 Å². The van der Waals surface area contributed by atoms with Gasteiger partial charge in [-0.15, -0.1) is 5.10 Å². The van der Waals surface area contributed by atoms with Crippen LogP contribution in [0.2, 0.25) is 0 Å². The lowest BCUT2D eigenvalue weighted by Gasteiger charge is -2.38. The second kappa shape index (κ2) is 7.35. The number of methoxy groups -OCH3 is 1. The minimum absolute atomic E-state index is 0.0901. The maximum absolute atomic E-state index is 12.3. The Morgan fingerprint density at radius 1 is 1.50 bits per heavy atom. The van der Waals surface area contributed by atoms with Crippen LogP contribution in [0, 0.1) is 5.92 Å². The van der Waals surface area contributed by atoms with E-state index in [1.807, 2.05) is 6.07 Å². The van der Waals surface area contributed by atoms with Gasteiger partial charge in [0.05, 0.1) is 25.8 Å². The van der Waals surface area contributed by atoms with Crippen molar-refractivity contribution in [2.24, 2.45) is 5.92 Å². The highest BCUT2D eigenvalue weighted by atomic mass is 16.5. The summed E-state index contributed by atoms with van der Waals surface area (Å²) in [6, 6.07) is 3.49. The molecule has 1 saturated carbocycles. The number of carbonyl (C=O) groups excluding carboxylic acids is 1. The van der Waals surface area contributed by atoms with Gasteiger partial charge in [0.15, 0.2) is 0 Å². The van der Waals surface area contributed by atoms with E-state index in [9.17, 15) is 9.90 Å². The van der Waals surface area contributed by atoms with Crippen LogP contribution in [-0.4, -0.2) is 49.4 Å². The summed E-state index contributed by atoms with van der Waals surface area (Å²) in [4.78, 5) is 16.5. The maximum Gasteiger partial charge on any atom is 0.222 e. The molecule has 9 heteroatoms. The Hall–Kier alpha value is -2.55. The van der Waals surface area contributed by atoms with Crippen LogP contribution in [0.5, 0.6) is 5.88 Å². The Bertz CT molecular complexity index is 654. The molecule has 0 unspecified atom stereocenters. The summed E-state index contributed by atoms with van der Waals surface area (Å²) in [5.41, 5.74) is 0.906. The third-order valence-corrected chi connectivity index (χ3v) is 4.22. The molecule has 0 aliphatic heterocycles. The van der Waals surface area contributed by atoms with Crippen LogP contribution in [-0.2, 0) is 11.3 Å². The van der Waals surface area contributed by atoms with Gasteiger partial charge >= 0.3 is 0 Å². The van der Waals surface area contributed by atoms with Crippen molar-refractivity contribution in [1.29, 1.82) is 0 Å². The van der Waals surface area contributed by atoms with Gasteiger partial charge in [-0.1, -0.05) is 6.07 Å². The molecule has 1 amide bonds. The first kappa shape index (κ1) is 16.3. The lowest BCUT2D eigenvalue weighted by Crippen LogP contribution is -2.41. The minimum Gasteiger partial charge on any atom is -0.481 e. The van der Waals surface area contributed by atoms with Crippen LogP contribution in [0.25, 0.3) is 0 Å². The third kappa shape index (κ3) is 3.85. The largest absolute Gasteiger partial charge is 0.481 e. The number of aliphatic hydroxyl groups is 1. The lowest BCUT2D eigenvalue weighted by molar-refractivity contribution is -0.123. The number of carbonyl (C=O) groups is 1. The van der Waals surface area contributed by atoms with Crippen LogP contribution in [0.3, 0.4) is 0 Å². The quantitative estimate of drug-likeness (QED) is 0.738. The van der Waals surface area contributed by atoms with Crippen molar-refractivity contribution in [3.63, 3.8) is 0 Å². The van der Waals surface area contributed by atoms with Crippen molar-refractivity contribution >= 4 is 5.91 Å². The molecule has 2 N–H and O–H groups in total. The molecule has 2 aromatic rings. The summed E-state index contributed by atoms with van der Waals surface area (Å²) < 4.78 is 6.58. The van der Waals surface area contributed by atoms with Crippen molar-refractivity contribution in [2.75, 3.05) is 7.11 Å². The van der Waals surface area contributed by atoms with E-state index in [2.05, 4.69) is 25.8 Å². The monoisotopic (exact) mass is 332 g/mol. The predicted molar refractivity (Wildman–Crippen MR) is 82.8 cm³/mol. The predicted octanol–water partition coefficient (Wildman–Crippen LogP) is 0.0952. The number of nitrogens with zero attached hydrogens (tertiary/aromatic N) is 5. The Morgan fingerprint density at radius 2 is 2.33 bits per heavy atom. The number of nitrogens with one attached hydrogen (secondary N) is 1. The molecule has 2 heterocycles. The smallest absolute Gasteiger partial charge is 0.222 e. The van der Waals surface area contributed by atoms with E-state index in [0.29, 0.717) is 25.3 Å². The third-order valence-electron chi connectivity index (χ3n) is 4.22. The second-order valence-corrected chi connectivity index (χ2v) is 5.89. The molecular formula is C15H20N6O3. The molecule has 24 heavy (non-hydrogen) atoms. The highest BCUT2D eigenvalue weighted by molar-refractivity contribution is 5.76. The van der Waals surface area contributed by atoms with Crippen molar-refractivity contribution in [3.8, 4) is 5.88 Å². The highest BCUT2D eigenvalue weighted by Gasteiger charge is 2.35. The molecule has 0 bridgehead atoms. The summed E-state index contributed by atoms with van der Waals surface area (Å²) in [7, 11) is 1.56. The first-order valence-electron chi connectivity index (χ1n) is 7.84. The van der Waals surface area contributed by atoms with Crippen LogP contribution in [0.4, 0.5) is 0 Å². The van der Waals surface area contributed by atoms with Gasteiger partial charge in [-0.25, -0.2) is 9.67 Å². The molecule has 0 spiro atoms. The van der Waals surface area contributed by atoms with E-state index in [1.165, 1.54) is 11.0 Å². The Kier molecular flexibility index (Phi) is 4.99. The van der Waals surface area contributed by atoms with Crippen molar-refractivity contribution < 1.29 is 14.6 Å².